The molecule has 126 valence electrons. The summed E-state index contributed by atoms with van der Waals surface area (Å²) in [4.78, 5) is 0. The molecule has 0 heterocycles. The Kier molecular flexibility index (Phi) is 4.59. The van der Waals surface area contributed by atoms with Crippen LogP contribution in [0.4, 0.5) is 0 Å². The molecule has 3 aliphatic carbocycles. The zero-order valence-electron chi connectivity index (χ0n) is 14.2. The van der Waals surface area contributed by atoms with E-state index in [1.54, 1.807) is 7.11 Å². The number of hydrogen-bond acceptors (Lipinski definition) is 3. The molecule has 0 amide bonds. The van der Waals surface area contributed by atoms with Crippen molar-refractivity contribution in [1.29, 1.82) is 0 Å². The molecule has 0 saturated heterocycles. The van der Waals surface area contributed by atoms with Gasteiger partial charge < -0.3 is 14.8 Å². The van der Waals surface area contributed by atoms with E-state index >= 15 is 0 Å². The second-order valence-electron chi connectivity index (χ2n) is 7.63. The molecule has 5 atom stereocenters. The summed E-state index contributed by atoms with van der Waals surface area (Å²) in [7, 11) is 1.70. The predicted octanol–water partition coefficient (Wildman–Crippen LogP) is 3.63. The van der Waals surface area contributed by atoms with E-state index in [2.05, 4.69) is 23.5 Å². The molecule has 1 aromatic carbocycles. The van der Waals surface area contributed by atoms with Gasteiger partial charge in [0, 0.05) is 19.7 Å². The first kappa shape index (κ1) is 15.5. The molecule has 23 heavy (non-hydrogen) atoms. The van der Waals surface area contributed by atoms with Crippen LogP contribution in [0.2, 0.25) is 0 Å². The third kappa shape index (κ3) is 3.14. The molecule has 1 aromatic rings. The Bertz CT molecular complexity index is 532. The molecule has 3 fully saturated rings. The van der Waals surface area contributed by atoms with Gasteiger partial charge in [0.2, 0.25) is 0 Å². The molecule has 3 heteroatoms. The van der Waals surface area contributed by atoms with Crippen LogP contribution in [0.25, 0.3) is 0 Å². The number of rotatable bonds is 7. The van der Waals surface area contributed by atoms with Gasteiger partial charge in [-0.05, 0) is 67.1 Å². The highest BCUT2D eigenvalue weighted by molar-refractivity contribution is 5.28. The first-order valence-electron chi connectivity index (χ1n) is 9.29. The summed E-state index contributed by atoms with van der Waals surface area (Å²) in [6.45, 7) is 2.21. The topological polar surface area (TPSA) is 30.5 Å². The molecular weight excluding hydrogens is 286 g/mol. The van der Waals surface area contributed by atoms with Gasteiger partial charge in [0.05, 0.1) is 6.61 Å². The van der Waals surface area contributed by atoms with Crippen molar-refractivity contribution in [2.24, 2.45) is 23.7 Å². The Morgan fingerprint density at radius 1 is 1.09 bits per heavy atom. The standard InChI is InChI=1S/C20H29NO2/c1-22-8-9-23-16-5-2-4-14(10-16)13-21-20-12-15-11-19(20)18-7-3-6-17(15)18/h2,4-5,10,15,17-21H,3,6-9,11-13H2,1H3. The summed E-state index contributed by atoms with van der Waals surface area (Å²) in [5.41, 5.74) is 1.32. The summed E-state index contributed by atoms with van der Waals surface area (Å²) < 4.78 is 10.7. The zero-order chi connectivity index (χ0) is 15.6. The summed E-state index contributed by atoms with van der Waals surface area (Å²) in [6, 6.07) is 9.22. The first-order chi connectivity index (χ1) is 11.3. The van der Waals surface area contributed by atoms with Crippen LogP contribution in [0.15, 0.2) is 24.3 Å². The number of methoxy groups -OCH3 is 1. The van der Waals surface area contributed by atoms with Crippen LogP contribution in [0.5, 0.6) is 5.75 Å². The van der Waals surface area contributed by atoms with Gasteiger partial charge in [-0.25, -0.2) is 0 Å². The van der Waals surface area contributed by atoms with E-state index in [1.165, 1.54) is 37.7 Å². The number of benzene rings is 1. The summed E-state index contributed by atoms with van der Waals surface area (Å²) in [6.07, 6.45) is 7.39. The summed E-state index contributed by atoms with van der Waals surface area (Å²) >= 11 is 0. The first-order valence-corrected chi connectivity index (χ1v) is 9.29. The van der Waals surface area contributed by atoms with E-state index in [0.29, 0.717) is 13.2 Å². The number of fused-ring (bicyclic) bond motifs is 5. The monoisotopic (exact) mass is 315 g/mol. The van der Waals surface area contributed by atoms with Crippen LogP contribution in [0.1, 0.15) is 37.7 Å². The minimum Gasteiger partial charge on any atom is -0.491 e. The van der Waals surface area contributed by atoms with Gasteiger partial charge in [-0.15, -0.1) is 0 Å². The molecule has 1 N–H and O–H groups in total. The van der Waals surface area contributed by atoms with Gasteiger partial charge in [0.25, 0.3) is 0 Å². The van der Waals surface area contributed by atoms with Crippen molar-refractivity contribution in [2.75, 3.05) is 20.3 Å². The summed E-state index contributed by atoms with van der Waals surface area (Å²) in [5, 5.41) is 3.86. The highest BCUT2D eigenvalue weighted by Crippen LogP contribution is 2.58. The van der Waals surface area contributed by atoms with E-state index in [4.69, 9.17) is 9.47 Å². The Labute approximate surface area is 139 Å². The zero-order valence-corrected chi connectivity index (χ0v) is 14.2. The van der Waals surface area contributed by atoms with Gasteiger partial charge in [-0.2, -0.15) is 0 Å². The van der Waals surface area contributed by atoms with Crippen molar-refractivity contribution in [3.05, 3.63) is 29.8 Å². The Hall–Kier alpha value is -1.06. The number of nitrogens with one attached hydrogen (secondary N) is 1. The van der Waals surface area contributed by atoms with Crippen LogP contribution in [-0.2, 0) is 11.3 Å². The Morgan fingerprint density at radius 2 is 2.00 bits per heavy atom. The van der Waals surface area contributed by atoms with Crippen molar-refractivity contribution < 1.29 is 9.47 Å². The molecule has 4 rings (SSSR count). The van der Waals surface area contributed by atoms with Gasteiger partial charge in [-0.3, -0.25) is 0 Å². The Morgan fingerprint density at radius 3 is 2.91 bits per heavy atom. The lowest BCUT2D eigenvalue weighted by atomic mass is 9.79. The van der Waals surface area contributed by atoms with E-state index < -0.39 is 0 Å². The van der Waals surface area contributed by atoms with Crippen LogP contribution < -0.4 is 10.1 Å². The average molecular weight is 315 g/mol. The third-order valence-electron chi connectivity index (χ3n) is 6.45. The van der Waals surface area contributed by atoms with Crippen molar-refractivity contribution >= 4 is 0 Å². The molecule has 0 aliphatic heterocycles. The van der Waals surface area contributed by atoms with Crippen LogP contribution in [-0.4, -0.2) is 26.4 Å². The van der Waals surface area contributed by atoms with E-state index in [0.717, 1.165) is 42.0 Å². The molecule has 3 saturated carbocycles. The van der Waals surface area contributed by atoms with Crippen molar-refractivity contribution in [3.8, 4) is 5.75 Å². The molecule has 2 bridgehead atoms. The van der Waals surface area contributed by atoms with Crippen molar-refractivity contribution in [3.63, 3.8) is 0 Å². The molecule has 0 spiro atoms. The maximum absolute atomic E-state index is 5.71. The second-order valence-corrected chi connectivity index (χ2v) is 7.63. The molecule has 3 aliphatic rings. The number of ether oxygens (including phenoxy) is 2. The third-order valence-corrected chi connectivity index (χ3v) is 6.45. The SMILES string of the molecule is COCCOc1cccc(CNC2CC3CC2C2CCCC32)c1. The lowest BCUT2D eigenvalue weighted by Crippen LogP contribution is -2.38. The molecule has 0 radical (unpaired) electrons. The van der Waals surface area contributed by atoms with Gasteiger partial charge in [0.15, 0.2) is 0 Å². The maximum atomic E-state index is 5.71. The summed E-state index contributed by atoms with van der Waals surface area (Å²) in [5.74, 6) is 5.04. The van der Waals surface area contributed by atoms with E-state index in [1.807, 2.05) is 6.07 Å². The lowest BCUT2D eigenvalue weighted by molar-refractivity contribution is 0.146. The molecule has 5 unspecified atom stereocenters. The van der Waals surface area contributed by atoms with Gasteiger partial charge in [-0.1, -0.05) is 18.6 Å². The highest BCUT2D eigenvalue weighted by atomic mass is 16.5. The minimum atomic E-state index is 0.614. The van der Waals surface area contributed by atoms with Crippen molar-refractivity contribution in [1.82, 2.24) is 5.32 Å². The molecule has 3 nitrogen and oxygen atoms in total. The largest absolute Gasteiger partial charge is 0.491 e. The lowest BCUT2D eigenvalue weighted by Gasteiger charge is -2.32. The van der Waals surface area contributed by atoms with Crippen molar-refractivity contribution in [2.45, 2.75) is 44.7 Å². The fraction of sp³-hybridized carbons (Fsp3) is 0.700. The smallest absolute Gasteiger partial charge is 0.119 e. The van der Waals surface area contributed by atoms with Gasteiger partial charge >= 0.3 is 0 Å². The second kappa shape index (κ2) is 6.82. The maximum Gasteiger partial charge on any atom is 0.119 e. The van der Waals surface area contributed by atoms with Crippen LogP contribution in [0.3, 0.4) is 0 Å². The van der Waals surface area contributed by atoms with E-state index in [-0.39, 0.29) is 0 Å². The fourth-order valence-corrected chi connectivity index (χ4v) is 5.54. The highest BCUT2D eigenvalue weighted by Gasteiger charge is 2.53. The average Bonchev–Trinajstić information content (AvgIpc) is 3.26. The Balaban J connectivity index is 1.31. The quantitative estimate of drug-likeness (QED) is 0.780. The van der Waals surface area contributed by atoms with E-state index in [9.17, 15) is 0 Å². The van der Waals surface area contributed by atoms with Crippen LogP contribution >= 0.6 is 0 Å². The molecule has 0 aromatic heterocycles. The molecular formula is C20H29NO2. The number of hydrogen-bond donors (Lipinski definition) is 1. The van der Waals surface area contributed by atoms with Gasteiger partial charge in [0.1, 0.15) is 12.4 Å². The normalized spacial score (nSPS) is 34.7. The fourth-order valence-electron chi connectivity index (χ4n) is 5.54. The van der Waals surface area contributed by atoms with Crippen LogP contribution in [0, 0.1) is 23.7 Å². The minimum absolute atomic E-state index is 0.614. The predicted molar refractivity (Wildman–Crippen MR) is 91.5 cm³/mol.